The van der Waals surface area contributed by atoms with Crippen molar-refractivity contribution in [2.45, 2.75) is 24.3 Å². The zero-order chi connectivity index (χ0) is 21.0. The number of anilines is 1. The summed E-state index contributed by atoms with van der Waals surface area (Å²) < 4.78 is 39.3. The molecule has 1 heterocycles. The van der Waals surface area contributed by atoms with Crippen molar-refractivity contribution in [1.29, 1.82) is 0 Å². The first-order valence-electron chi connectivity index (χ1n) is 9.58. The highest BCUT2D eigenvalue weighted by atomic mass is 32.2. The van der Waals surface area contributed by atoms with E-state index in [2.05, 4.69) is 11.0 Å². The summed E-state index contributed by atoms with van der Waals surface area (Å²) in [6.45, 7) is 2.16. The number of hydrogen-bond acceptors (Lipinski definition) is 4. The fraction of sp³-hybridized carbons (Fsp3) is 0.381. The molecule has 0 saturated heterocycles. The van der Waals surface area contributed by atoms with E-state index in [1.54, 1.807) is 0 Å². The van der Waals surface area contributed by atoms with Gasteiger partial charge in [-0.3, -0.25) is 4.79 Å². The highest BCUT2D eigenvalue weighted by Gasteiger charge is 2.23. The fourth-order valence-corrected chi connectivity index (χ4v) is 4.63. The van der Waals surface area contributed by atoms with Gasteiger partial charge in [-0.1, -0.05) is 18.2 Å². The van der Waals surface area contributed by atoms with Gasteiger partial charge in [0.05, 0.1) is 4.90 Å². The molecule has 0 aromatic heterocycles. The Hall–Kier alpha value is -2.45. The predicted molar refractivity (Wildman–Crippen MR) is 111 cm³/mol. The van der Waals surface area contributed by atoms with E-state index in [0.717, 1.165) is 29.9 Å². The predicted octanol–water partition coefficient (Wildman–Crippen LogP) is 2.71. The molecule has 0 radical (unpaired) electrons. The fourth-order valence-electron chi connectivity index (χ4n) is 3.42. The summed E-state index contributed by atoms with van der Waals surface area (Å²) in [5.74, 6) is -0.468. The van der Waals surface area contributed by atoms with Crippen LogP contribution in [0.15, 0.2) is 53.4 Å². The van der Waals surface area contributed by atoms with E-state index in [4.69, 9.17) is 0 Å². The van der Waals surface area contributed by atoms with Crippen LogP contribution in [0, 0.1) is 5.82 Å². The lowest BCUT2D eigenvalue weighted by molar-refractivity contribution is -0.131. The molecule has 6 nitrogen and oxygen atoms in total. The summed E-state index contributed by atoms with van der Waals surface area (Å²) in [6, 6.07) is 12.8. The van der Waals surface area contributed by atoms with Gasteiger partial charge in [0.2, 0.25) is 15.9 Å². The van der Waals surface area contributed by atoms with E-state index >= 15 is 0 Å². The molecular weight excluding hydrogens is 393 g/mol. The third-order valence-corrected chi connectivity index (χ3v) is 7.08. The van der Waals surface area contributed by atoms with Gasteiger partial charge in [-0.2, -0.15) is 0 Å². The molecule has 29 heavy (non-hydrogen) atoms. The topological polar surface area (TPSA) is 60.9 Å². The maximum atomic E-state index is 13.0. The van der Waals surface area contributed by atoms with Crippen molar-refractivity contribution in [3.05, 3.63) is 59.9 Å². The molecule has 0 unspecified atom stereocenters. The van der Waals surface area contributed by atoms with Gasteiger partial charge in [0, 0.05) is 52.4 Å². The largest absolute Gasteiger partial charge is 0.373 e. The first kappa shape index (κ1) is 21.3. The molecule has 8 heteroatoms. The first-order valence-corrected chi connectivity index (χ1v) is 11.0. The molecule has 2 aromatic rings. The molecule has 1 amide bonds. The van der Waals surface area contributed by atoms with Crippen LogP contribution in [0.4, 0.5) is 10.1 Å². The van der Waals surface area contributed by atoms with E-state index in [1.165, 1.54) is 23.5 Å². The summed E-state index contributed by atoms with van der Waals surface area (Å²) >= 11 is 0. The van der Waals surface area contributed by atoms with Crippen LogP contribution in [-0.4, -0.2) is 57.3 Å². The minimum absolute atomic E-state index is 0.0164. The lowest BCUT2D eigenvalue weighted by Crippen LogP contribution is -2.35. The van der Waals surface area contributed by atoms with E-state index in [-0.39, 0.29) is 23.8 Å². The number of amides is 1. The Morgan fingerprint density at radius 1 is 1.10 bits per heavy atom. The number of carbonyl (C=O) groups is 1. The highest BCUT2D eigenvalue weighted by molar-refractivity contribution is 7.89. The summed E-state index contributed by atoms with van der Waals surface area (Å²) in [5.41, 5.74) is 2.24. The third kappa shape index (κ3) is 4.94. The number of halogens is 1. The van der Waals surface area contributed by atoms with Gasteiger partial charge in [-0.15, -0.1) is 0 Å². The van der Waals surface area contributed by atoms with E-state index in [9.17, 15) is 17.6 Å². The Bertz CT molecular complexity index is 963. The van der Waals surface area contributed by atoms with Gasteiger partial charge in [0.15, 0.2) is 0 Å². The number of likely N-dealkylation sites (N-methyl/N-ethyl adjacent to an activating group) is 1. The smallest absolute Gasteiger partial charge is 0.242 e. The molecule has 2 aromatic carbocycles. The van der Waals surface area contributed by atoms with Crippen molar-refractivity contribution in [1.82, 2.24) is 9.21 Å². The van der Waals surface area contributed by atoms with Crippen molar-refractivity contribution in [3.8, 4) is 0 Å². The Morgan fingerprint density at radius 2 is 1.79 bits per heavy atom. The quantitative estimate of drug-likeness (QED) is 0.722. The van der Waals surface area contributed by atoms with Gasteiger partial charge >= 0.3 is 0 Å². The maximum absolute atomic E-state index is 13.0. The molecule has 0 aliphatic carbocycles. The number of fused-ring (bicyclic) bond motifs is 1. The number of rotatable bonds is 6. The molecule has 0 bridgehead atoms. The van der Waals surface area contributed by atoms with Crippen LogP contribution in [0.1, 0.15) is 18.4 Å². The molecule has 0 spiro atoms. The number of benzene rings is 2. The Morgan fingerprint density at radius 3 is 2.52 bits per heavy atom. The van der Waals surface area contributed by atoms with Crippen LogP contribution in [0.2, 0.25) is 0 Å². The molecule has 0 N–H and O–H groups in total. The van der Waals surface area contributed by atoms with Crippen LogP contribution in [0.5, 0.6) is 0 Å². The van der Waals surface area contributed by atoms with Crippen molar-refractivity contribution in [2.75, 3.05) is 38.6 Å². The molecule has 0 fully saturated rings. The molecule has 3 rings (SSSR count). The van der Waals surface area contributed by atoms with E-state index in [0.29, 0.717) is 19.5 Å². The number of hydrogen-bond donors (Lipinski definition) is 0. The number of carbonyl (C=O) groups excluding carboxylic acids is 1. The molecule has 1 aliphatic rings. The molecule has 0 atom stereocenters. The molecule has 156 valence electrons. The Labute approximate surface area is 171 Å². The standard InChI is InChI=1S/C21H26FN3O3S/c1-23-14-15-25(16-17-6-3-4-7-20(17)23)21(26)8-5-13-24(2)29(27,28)19-11-9-18(22)10-12-19/h3-4,6-7,9-12H,5,8,13-16H2,1-2H3. The van der Waals surface area contributed by atoms with Gasteiger partial charge in [0.25, 0.3) is 0 Å². The van der Waals surface area contributed by atoms with Crippen LogP contribution in [0.25, 0.3) is 0 Å². The first-order chi connectivity index (χ1) is 13.8. The van der Waals surface area contributed by atoms with Crippen molar-refractivity contribution in [3.63, 3.8) is 0 Å². The van der Waals surface area contributed by atoms with Crippen LogP contribution in [-0.2, 0) is 21.4 Å². The lowest BCUT2D eigenvalue weighted by atomic mass is 10.1. The minimum atomic E-state index is -3.70. The monoisotopic (exact) mass is 419 g/mol. The average Bonchev–Trinajstić information content (AvgIpc) is 2.87. The zero-order valence-corrected chi connectivity index (χ0v) is 17.5. The van der Waals surface area contributed by atoms with Crippen molar-refractivity contribution >= 4 is 21.6 Å². The SMILES string of the molecule is CN1CCN(C(=O)CCCN(C)S(=O)(=O)c2ccc(F)cc2)Cc2ccccc21. The Kier molecular flexibility index (Phi) is 6.54. The second-order valence-electron chi connectivity index (χ2n) is 7.25. The summed E-state index contributed by atoms with van der Waals surface area (Å²) in [7, 11) is -0.208. The van der Waals surface area contributed by atoms with Gasteiger partial charge in [-0.25, -0.2) is 17.1 Å². The zero-order valence-electron chi connectivity index (χ0n) is 16.7. The molecule has 1 aliphatic heterocycles. The number of nitrogens with zero attached hydrogens (tertiary/aromatic N) is 3. The third-order valence-electron chi connectivity index (χ3n) is 5.21. The average molecular weight is 420 g/mol. The number of sulfonamides is 1. The van der Waals surface area contributed by atoms with Crippen molar-refractivity contribution in [2.24, 2.45) is 0 Å². The summed E-state index contributed by atoms with van der Waals surface area (Å²) in [5, 5.41) is 0. The van der Waals surface area contributed by atoms with Gasteiger partial charge < -0.3 is 9.80 Å². The van der Waals surface area contributed by atoms with E-state index < -0.39 is 15.8 Å². The van der Waals surface area contributed by atoms with Crippen LogP contribution in [0.3, 0.4) is 0 Å². The second kappa shape index (κ2) is 8.92. The maximum Gasteiger partial charge on any atom is 0.242 e. The summed E-state index contributed by atoms with van der Waals surface area (Å²) in [6.07, 6.45) is 0.693. The molecular formula is C21H26FN3O3S. The second-order valence-corrected chi connectivity index (χ2v) is 9.29. The molecule has 0 saturated carbocycles. The Balaban J connectivity index is 1.56. The van der Waals surface area contributed by atoms with Gasteiger partial charge in [0.1, 0.15) is 5.82 Å². The number of para-hydroxylation sites is 1. The van der Waals surface area contributed by atoms with Crippen molar-refractivity contribution < 1.29 is 17.6 Å². The highest BCUT2D eigenvalue weighted by Crippen LogP contribution is 2.24. The normalized spacial score (nSPS) is 14.6. The van der Waals surface area contributed by atoms with E-state index in [1.807, 2.05) is 30.1 Å². The van der Waals surface area contributed by atoms with Gasteiger partial charge in [-0.05, 0) is 42.3 Å². The van der Waals surface area contributed by atoms with Crippen LogP contribution < -0.4 is 4.90 Å². The summed E-state index contributed by atoms with van der Waals surface area (Å²) in [4.78, 5) is 16.7. The van der Waals surface area contributed by atoms with Crippen LogP contribution >= 0.6 is 0 Å². The lowest BCUT2D eigenvalue weighted by Gasteiger charge is -2.22. The minimum Gasteiger partial charge on any atom is -0.373 e.